The summed E-state index contributed by atoms with van der Waals surface area (Å²) < 4.78 is 10.5. The summed E-state index contributed by atoms with van der Waals surface area (Å²) in [4.78, 5) is 30.8. The fourth-order valence-corrected chi connectivity index (χ4v) is 2.98. The molecule has 1 N–H and O–H groups in total. The largest absolute Gasteiger partial charge is 0.453 e. The van der Waals surface area contributed by atoms with Crippen molar-refractivity contribution in [3.63, 3.8) is 0 Å². The zero-order valence-electron chi connectivity index (χ0n) is 15.0. The van der Waals surface area contributed by atoms with Gasteiger partial charge in [0.15, 0.2) is 5.76 Å². The molecule has 7 heteroatoms. The Kier molecular flexibility index (Phi) is 5.68. The molecule has 2 aromatic rings. The smallest absolute Gasteiger partial charge is 0.289 e. The van der Waals surface area contributed by atoms with E-state index < -0.39 is 0 Å². The van der Waals surface area contributed by atoms with Gasteiger partial charge >= 0.3 is 0 Å². The molecule has 1 saturated heterocycles. The van der Waals surface area contributed by atoms with Crippen molar-refractivity contribution in [3.05, 3.63) is 47.5 Å². The van der Waals surface area contributed by atoms with Gasteiger partial charge in [-0.1, -0.05) is 6.07 Å². The number of amides is 2. The van der Waals surface area contributed by atoms with Gasteiger partial charge in [-0.05, 0) is 43.5 Å². The Balaban J connectivity index is 1.52. The van der Waals surface area contributed by atoms with Gasteiger partial charge in [-0.2, -0.15) is 0 Å². The number of anilines is 1. The van der Waals surface area contributed by atoms with E-state index in [4.69, 9.17) is 9.15 Å². The van der Waals surface area contributed by atoms with Crippen molar-refractivity contribution in [1.82, 2.24) is 9.88 Å². The van der Waals surface area contributed by atoms with Crippen LogP contribution in [0.3, 0.4) is 0 Å². The molecule has 3 heterocycles. The predicted molar refractivity (Wildman–Crippen MR) is 95.7 cm³/mol. The second-order valence-electron chi connectivity index (χ2n) is 6.48. The Morgan fingerprint density at radius 2 is 2.04 bits per heavy atom. The van der Waals surface area contributed by atoms with E-state index in [1.54, 1.807) is 36.4 Å². The zero-order chi connectivity index (χ0) is 18.5. The van der Waals surface area contributed by atoms with Crippen LogP contribution in [0.15, 0.2) is 34.9 Å². The van der Waals surface area contributed by atoms with E-state index in [0.717, 1.165) is 5.56 Å². The van der Waals surface area contributed by atoms with Crippen molar-refractivity contribution < 1.29 is 18.7 Å². The SMILES string of the molecule is COCc1ccc(C(=O)N2CCC(C(=O)Nc3ccc(C)cn3)CC2)o1. The average Bonchev–Trinajstić information content (AvgIpc) is 3.12. The van der Waals surface area contributed by atoms with Gasteiger partial charge in [0.05, 0.1) is 0 Å². The number of pyridine rings is 1. The highest BCUT2D eigenvalue weighted by molar-refractivity contribution is 5.93. The molecular weight excluding hydrogens is 334 g/mol. The minimum Gasteiger partial charge on any atom is -0.453 e. The summed E-state index contributed by atoms with van der Waals surface area (Å²) >= 11 is 0. The van der Waals surface area contributed by atoms with Gasteiger partial charge in [-0.25, -0.2) is 4.98 Å². The van der Waals surface area contributed by atoms with Gasteiger partial charge in [0.1, 0.15) is 18.2 Å². The van der Waals surface area contributed by atoms with Crippen LogP contribution >= 0.6 is 0 Å². The van der Waals surface area contributed by atoms with Gasteiger partial charge in [0.25, 0.3) is 5.91 Å². The van der Waals surface area contributed by atoms with Crippen LogP contribution in [0.25, 0.3) is 0 Å². The third-order valence-corrected chi connectivity index (χ3v) is 4.47. The van der Waals surface area contributed by atoms with Gasteiger partial charge in [0.2, 0.25) is 5.91 Å². The van der Waals surface area contributed by atoms with Crippen LogP contribution < -0.4 is 5.32 Å². The fourth-order valence-electron chi connectivity index (χ4n) is 2.98. The molecular formula is C19H23N3O4. The normalized spacial score (nSPS) is 15.1. The first-order valence-corrected chi connectivity index (χ1v) is 8.67. The molecule has 7 nitrogen and oxygen atoms in total. The number of likely N-dealkylation sites (tertiary alicyclic amines) is 1. The Morgan fingerprint density at radius 1 is 1.27 bits per heavy atom. The molecule has 3 rings (SSSR count). The topological polar surface area (TPSA) is 84.7 Å². The minimum atomic E-state index is -0.147. The van der Waals surface area contributed by atoms with E-state index in [2.05, 4.69) is 10.3 Å². The number of hydrogen-bond donors (Lipinski definition) is 1. The van der Waals surface area contributed by atoms with E-state index >= 15 is 0 Å². The molecule has 1 aliphatic heterocycles. The minimum absolute atomic E-state index is 0.0474. The summed E-state index contributed by atoms with van der Waals surface area (Å²) in [5, 5.41) is 2.85. The summed E-state index contributed by atoms with van der Waals surface area (Å²) in [6, 6.07) is 7.11. The standard InChI is InChI=1S/C19H23N3O4/c1-13-3-6-17(20-11-13)21-18(23)14-7-9-22(10-8-14)19(24)16-5-4-15(26-16)12-25-2/h3-6,11,14H,7-10,12H2,1-2H3,(H,20,21,23). The first kappa shape index (κ1) is 18.1. The summed E-state index contributed by atoms with van der Waals surface area (Å²) in [6.07, 6.45) is 2.96. The number of rotatable bonds is 5. The Bertz CT molecular complexity index is 761. The quantitative estimate of drug-likeness (QED) is 0.889. The number of aromatic nitrogens is 1. The van der Waals surface area contributed by atoms with Crippen LogP contribution in [0.4, 0.5) is 5.82 Å². The number of carbonyl (C=O) groups excluding carboxylic acids is 2. The van der Waals surface area contributed by atoms with Crippen molar-refractivity contribution >= 4 is 17.6 Å². The first-order valence-electron chi connectivity index (χ1n) is 8.67. The second-order valence-corrected chi connectivity index (χ2v) is 6.48. The Labute approximate surface area is 152 Å². The van der Waals surface area contributed by atoms with Gasteiger partial charge in [-0.3, -0.25) is 9.59 Å². The lowest BCUT2D eigenvalue weighted by Gasteiger charge is -2.30. The molecule has 0 saturated carbocycles. The third kappa shape index (κ3) is 4.29. The van der Waals surface area contributed by atoms with E-state index in [1.165, 1.54) is 0 Å². The fraction of sp³-hybridized carbons (Fsp3) is 0.421. The molecule has 0 radical (unpaired) electrons. The molecule has 0 aliphatic carbocycles. The van der Waals surface area contributed by atoms with Crippen molar-refractivity contribution in [3.8, 4) is 0 Å². The zero-order valence-corrected chi connectivity index (χ0v) is 15.0. The maximum atomic E-state index is 12.5. The highest BCUT2D eigenvalue weighted by Gasteiger charge is 2.29. The highest BCUT2D eigenvalue weighted by Crippen LogP contribution is 2.21. The lowest BCUT2D eigenvalue weighted by atomic mass is 9.95. The number of carbonyl (C=O) groups is 2. The summed E-state index contributed by atoms with van der Waals surface area (Å²) in [6.45, 7) is 3.34. The number of nitrogens with zero attached hydrogens (tertiary/aromatic N) is 2. The summed E-state index contributed by atoms with van der Waals surface area (Å²) in [7, 11) is 1.58. The number of hydrogen-bond acceptors (Lipinski definition) is 5. The maximum Gasteiger partial charge on any atom is 0.289 e. The average molecular weight is 357 g/mol. The van der Waals surface area contributed by atoms with E-state index in [9.17, 15) is 9.59 Å². The second kappa shape index (κ2) is 8.14. The number of furan rings is 1. The molecule has 0 atom stereocenters. The highest BCUT2D eigenvalue weighted by atomic mass is 16.5. The monoisotopic (exact) mass is 357 g/mol. The molecule has 0 unspecified atom stereocenters. The summed E-state index contributed by atoms with van der Waals surface area (Å²) in [5.41, 5.74) is 1.04. The van der Waals surface area contributed by atoms with Crippen LogP contribution in [-0.2, 0) is 16.1 Å². The third-order valence-electron chi connectivity index (χ3n) is 4.47. The molecule has 138 valence electrons. The van der Waals surface area contributed by atoms with Crippen molar-refractivity contribution in [2.45, 2.75) is 26.4 Å². The number of nitrogens with one attached hydrogen (secondary N) is 1. The number of ether oxygens (including phenoxy) is 1. The van der Waals surface area contributed by atoms with Gasteiger partial charge in [0, 0.05) is 32.3 Å². The van der Waals surface area contributed by atoms with Crippen LogP contribution in [-0.4, -0.2) is 41.9 Å². The van der Waals surface area contributed by atoms with E-state index in [-0.39, 0.29) is 17.7 Å². The van der Waals surface area contributed by atoms with Crippen molar-refractivity contribution in [1.29, 1.82) is 0 Å². The molecule has 1 fully saturated rings. The predicted octanol–water partition coefficient (Wildman–Crippen LogP) is 2.62. The van der Waals surface area contributed by atoms with Crippen molar-refractivity contribution in [2.24, 2.45) is 5.92 Å². The number of piperidine rings is 1. The summed E-state index contributed by atoms with van der Waals surface area (Å²) in [5.74, 6) is 1.17. The molecule has 0 spiro atoms. The van der Waals surface area contributed by atoms with Crippen LogP contribution in [0.1, 0.15) is 34.7 Å². The van der Waals surface area contributed by atoms with Crippen molar-refractivity contribution in [2.75, 3.05) is 25.5 Å². The molecule has 0 bridgehead atoms. The van der Waals surface area contributed by atoms with Crippen LogP contribution in [0.2, 0.25) is 0 Å². The molecule has 0 aromatic carbocycles. The number of aryl methyl sites for hydroxylation is 1. The molecule has 26 heavy (non-hydrogen) atoms. The van der Waals surface area contributed by atoms with Crippen LogP contribution in [0.5, 0.6) is 0 Å². The number of methoxy groups -OCH3 is 1. The van der Waals surface area contributed by atoms with Gasteiger partial charge in [-0.15, -0.1) is 0 Å². The maximum absolute atomic E-state index is 12.5. The molecule has 2 aromatic heterocycles. The molecule has 2 amide bonds. The Morgan fingerprint density at radius 3 is 2.69 bits per heavy atom. The van der Waals surface area contributed by atoms with E-state index in [0.29, 0.717) is 49.9 Å². The lowest BCUT2D eigenvalue weighted by molar-refractivity contribution is -0.121. The molecule has 1 aliphatic rings. The Hall–Kier alpha value is -2.67. The van der Waals surface area contributed by atoms with Crippen LogP contribution in [0, 0.1) is 12.8 Å². The lowest BCUT2D eigenvalue weighted by Crippen LogP contribution is -2.41. The first-order chi connectivity index (χ1) is 12.6. The van der Waals surface area contributed by atoms with E-state index in [1.807, 2.05) is 13.0 Å². The van der Waals surface area contributed by atoms with Gasteiger partial charge < -0.3 is 19.4 Å².